The van der Waals surface area contributed by atoms with Crippen LogP contribution in [-0.2, 0) is 4.79 Å². The van der Waals surface area contributed by atoms with E-state index in [-0.39, 0.29) is 18.4 Å². The van der Waals surface area contributed by atoms with Gasteiger partial charge >= 0.3 is 0 Å². The van der Waals surface area contributed by atoms with E-state index in [9.17, 15) is 9.59 Å². The van der Waals surface area contributed by atoms with Crippen LogP contribution in [0.5, 0.6) is 0 Å². The molecule has 4 aromatic rings. The van der Waals surface area contributed by atoms with Crippen molar-refractivity contribution in [2.24, 2.45) is 0 Å². The number of rotatable bonds is 6. The highest BCUT2D eigenvalue weighted by Gasteiger charge is 2.12. The molecular weight excluding hydrogens is 404 g/mol. The van der Waals surface area contributed by atoms with Crippen LogP contribution in [0.15, 0.2) is 101 Å². The number of hydrogen-bond acceptors (Lipinski definition) is 3. The third-order valence-corrected chi connectivity index (χ3v) is 5.94. The SMILES string of the molecule is Cc1ccc(Sc2ccccc2NC(=O)CNC(=O)c2cccc3ccccc23)cc1. The Morgan fingerprint density at radius 3 is 2.35 bits per heavy atom. The van der Waals surface area contributed by atoms with Gasteiger partial charge < -0.3 is 10.6 Å². The van der Waals surface area contributed by atoms with Gasteiger partial charge in [0.2, 0.25) is 5.91 Å². The molecule has 0 fully saturated rings. The first kappa shape index (κ1) is 20.7. The lowest BCUT2D eigenvalue weighted by molar-refractivity contribution is -0.115. The van der Waals surface area contributed by atoms with Gasteiger partial charge in [0.25, 0.3) is 5.91 Å². The van der Waals surface area contributed by atoms with Crippen LogP contribution in [0.3, 0.4) is 0 Å². The lowest BCUT2D eigenvalue weighted by Crippen LogP contribution is -2.33. The number of carbonyl (C=O) groups is 2. The minimum Gasteiger partial charge on any atom is -0.343 e. The average Bonchev–Trinajstić information content (AvgIpc) is 2.80. The largest absolute Gasteiger partial charge is 0.343 e. The zero-order valence-corrected chi connectivity index (χ0v) is 17.9. The molecule has 4 aromatic carbocycles. The van der Waals surface area contributed by atoms with Gasteiger partial charge in [0.15, 0.2) is 0 Å². The molecule has 0 aromatic heterocycles. The van der Waals surface area contributed by atoms with Crippen molar-refractivity contribution < 1.29 is 9.59 Å². The first-order valence-corrected chi connectivity index (χ1v) is 10.8. The molecule has 2 amide bonds. The highest BCUT2D eigenvalue weighted by molar-refractivity contribution is 7.99. The van der Waals surface area contributed by atoms with E-state index in [1.807, 2.05) is 60.7 Å². The number of carbonyl (C=O) groups excluding carboxylic acids is 2. The summed E-state index contributed by atoms with van der Waals surface area (Å²) in [5.41, 5.74) is 2.48. The summed E-state index contributed by atoms with van der Waals surface area (Å²) in [6.45, 7) is 1.95. The molecule has 0 spiro atoms. The fourth-order valence-corrected chi connectivity index (χ4v) is 4.17. The molecule has 31 heavy (non-hydrogen) atoms. The van der Waals surface area contributed by atoms with Crippen molar-refractivity contribution in [2.45, 2.75) is 16.7 Å². The fraction of sp³-hybridized carbons (Fsp3) is 0.0769. The first-order valence-electron chi connectivity index (χ1n) is 9.99. The zero-order chi connectivity index (χ0) is 21.6. The van der Waals surface area contributed by atoms with Crippen LogP contribution < -0.4 is 10.6 Å². The summed E-state index contributed by atoms with van der Waals surface area (Å²) in [6, 6.07) is 29.2. The van der Waals surface area contributed by atoms with Crippen LogP contribution >= 0.6 is 11.8 Å². The van der Waals surface area contributed by atoms with Gasteiger partial charge in [0.1, 0.15) is 0 Å². The standard InChI is InChI=1S/C26H22N2O2S/c1-18-13-15-20(16-14-18)31-24-12-5-4-11-23(24)28-25(29)17-27-26(30)22-10-6-8-19-7-2-3-9-21(19)22/h2-16H,17H2,1H3,(H,27,30)(H,28,29). The van der Waals surface area contributed by atoms with Crippen LogP contribution in [0, 0.1) is 6.92 Å². The molecule has 0 saturated heterocycles. The molecule has 154 valence electrons. The summed E-state index contributed by atoms with van der Waals surface area (Å²) >= 11 is 1.59. The predicted octanol–water partition coefficient (Wildman–Crippen LogP) is 5.67. The Bertz CT molecular complexity index is 1230. The molecule has 0 saturated carbocycles. The van der Waals surface area contributed by atoms with Crippen molar-refractivity contribution in [3.63, 3.8) is 0 Å². The Morgan fingerprint density at radius 2 is 1.52 bits per heavy atom. The van der Waals surface area contributed by atoms with Gasteiger partial charge in [-0.2, -0.15) is 0 Å². The number of hydrogen-bond donors (Lipinski definition) is 2. The monoisotopic (exact) mass is 426 g/mol. The lowest BCUT2D eigenvalue weighted by atomic mass is 10.0. The maximum absolute atomic E-state index is 12.7. The summed E-state index contributed by atoms with van der Waals surface area (Å²) < 4.78 is 0. The Hall–Kier alpha value is -3.57. The van der Waals surface area contributed by atoms with Crippen molar-refractivity contribution in [3.05, 3.63) is 102 Å². The third kappa shape index (κ3) is 5.13. The van der Waals surface area contributed by atoms with E-state index in [1.54, 1.807) is 17.8 Å². The quantitative estimate of drug-likeness (QED) is 0.418. The van der Waals surface area contributed by atoms with Gasteiger partial charge in [-0.15, -0.1) is 0 Å². The second-order valence-electron chi connectivity index (χ2n) is 7.17. The van der Waals surface area contributed by atoms with Gasteiger partial charge in [0, 0.05) is 15.4 Å². The van der Waals surface area contributed by atoms with Crippen molar-refractivity contribution in [3.8, 4) is 0 Å². The summed E-state index contributed by atoms with van der Waals surface area (Å²) in [6.07, 6.45) is 0. The van der Waals surface area contributed by atoms with Crippen molar-refractivity contribution >= 4 is 40.0 Å². The van der Waals surface area contributed by atoms with Crippen molar-refractivity contribution in [1.29, 1.82) is 0 Å². The highest BCUT2D eigenvalue weighted by atomic mass is 32.2. The van der Waals surface area contributed by atoms with Gasteiger partial charge in [0.05, 0.1) is 12.2 Å². The van der Waals surface area contributed by atoms with Crippen LogP contribution in [0.4, 0.5) is 5.69 Å². The van der Waals surface area contributed by atoms with Crippen LogP contribution in [0.2, 0.25) is 0 Å². The van der Waals surface area contributed by atoms with Crippen LogP contribution in [-0.4, -0.2) is 18.4 Å². The van der Waals surface area contributed by atoms with Gasteiger partial charge in [-0.3, -0.25) is 9.59 Å². The number of aryl methyl sites for hydroxylation is 1. The molecule has 0 unspecified atom stereocenters. The first-order chi connectivity index (χ1) is 15.1. The van der Waals surface area contributed by atoms with Crippen LogP contribution in [0.1, 0.15) is 15.9 Å². The molecular formula is C26H22N2O2S. The molecule has 0 aliphatic rings. The molecule has 0 heterocycles. The lowest BCUT2D eigenvalue weighted by Gasteiger charge is -2.12. The van der Waals surface area contributed by atoms with Gasteiger partial charge in [-0.25, -0.2) is 0 Å². The van der Waals surface area contributed by atoms with E-state index in [1.165, 1.54) is 5.56 Å². The second kappa shape index (κ2) is 9.49. The van der Waals surface area contributed by atoms with E-state index >= 15 is 0 Å². The maximum Gasteiger partial charge on any atom is 0.252 e. The molecule has 0 bridgehead atoms. The molecule has 0 aliphatic heterocycles. The minimum atomic E-state index is -0.273. The Morgan fingerprint density at radius 1 is 0.806 bits per heavy atom. The summed E-state index contributed by atoms with van der Waals surface area (Å²) in [5, 5.41) is 7.49. The van der Waals surface area contributed by atoms with Gasteiger partial charge in [-0.05, 0) is 48.0 Å². The molecule has 4 rings (SSSR count). The fourth-order valence-electron chi connectivity index (χ4n) is 3.27. The molecule has 5 heteroatoms. The Balaban J connectivity index is 1.41. The average molecular weight is 427 g/mol. The van der Waals surface area contributed by atoms with E-state index in [2.05, 4.69) is 41.8 Å². The molecule has 0 atom stereocenters. The number of benzene rings is 4. The maximum atomic E-state index is 12.7. The number of para-hydroxylation sites is 1. The topological polar surface area (TPSA) is 58.2 Å². The Labute approximate surface area is 185 Å². The van der Waals surface area contributed by atoms with E-state index < -0.39 is 0 Å². The van der Waals surface area contributed by atoms with Crippen molar-refractivity contribution in [2.75, 3.05) is 11.9 Å². The van der Waals surface area contributed by atoms with E-state index in [0.717, 1.165) is 26.3 Å². The zero-order valence-electron chi connectivity index (χ0n) is 17.1. The number of amides is 2. The predicted molar refractivity (Wildman–Crippen MR) is 127 cm³/mol. The van der Waals surface area contributed by atoms with Crippen molar-refractivity contribution in [1.82, 2.24) is 5.32 Å². The molecule has 0 aliphatic carbocycles. The smallest absolute Gasteiger partial charge is 0.252 e. The summed E-state index contributed by atoms with van der Waals surface area (Å²) in [4.78, 5) is 27.2. The number of nitrogens with one attached hydrogen (secondary N) is 2. The third-order valence-electron chi connectivity index (χ3n) is 4.85. The van der Waals surface area contributed by atoms with E-state index in [4.69, 9.17) is 0 Å². The minimum absolute atomic E-state index is 0.106. The molecule has 4 nitrogen and oxygen atoms in total. The molecule has 2 N–H and O–H groups in total. The molecule has 0 radical (unpaired) electrons. The number of fused-ring (bicyclic) bond motifs is 1. The summed E-state index contributed by atoms with van der Waals surface area (Å²) in [5.74, 6) is -0.542. The highest BCUT2D eigenvalue weighted by Crippen LogP contribution is 2.33. The Kier molecular flexibility index (Phi) is 6.34. The van der Waals surface area contributed by atoms with E-state index in [0.29, 0.717) is 5.56 Å². The van der Waals surface area contributed by atoms with Gasteiger partial charge in [-0.1, -0.05) is 78.0 Å². The second-order valence-corrected chi connectivity index (χ2v) is 8.28. The van der Waals surface area contributed by atoms with Crippen LogP contribution in [0.25, 0.3) is 10.8 Å². The number of anilines is 1. The normalized spacial score (nSPS) is 10.6. The summed E-state index contributed by atoms with van der Waals surface area (Å²) in [7, 11) is 0.